The summed E-state index contributed by atoms with van der Waals surface area (Å²) < 4.78 is 2.23. The molecule has 0 aliphatic carbocycles. The molecule has 1 saturated heterocycles. The molecule has 3 amide bonds. The maximum Gasteiger partial charge on any atom is 0.274 e. The van der Waals surface area contributed by atoms with Crippen molar-refractivity contribution in [1.29, 1.82) is 0 Å². The molecule has 0 bridgehead atoms. The Morgan fingerprint density at radius 3 is 2.61 bits per heavy atom. The molecule has 8 nitrogen and oxygen atoms in total. The van der Waals surface area contributed by atoms with E-state index >= 15 is 0 Å². The van der Waals surface area contributed by atoms with Crippen molar-refractivity contribution in [2.75, 3.05) is 13.6 Å². The van der Waals surface area contributed by atoms with Crippen molar-refractivity contribution >= 4 is 28.6 Å². The van der Waals surface area contributed by atoms with Crippen molar-refractivity contribution in [2.45, 2.75) is 38.4 Å². The van der Waals surface area contributed by atoms with E-state index in [4.69, 9.17) is 5.21 Å². The van der Waals surface area contributed by atoms with E-state index in [1.165, 1.54) is 15.8 Å². The molecule has 0 radical (unpaired) electrons. The molecule has 170 valence electrons. The molecule has 33 heavy (non-hydrogen) atoms. The number of carbonyl (C=O) groups is 3. The first-order chi connectivity index (χ1) is 16.0. The zero-order chi connectivity index (χ0) is 23.1. The maximum atomic E-state index is 12.9. The fourth-order valence-corrected chi connectivity index (χ4v) is 5.12. The summed E-state index contributed by atoms with van der Waals surface area (Å²) in [5.41, 5.74) is 6.40. The molecule has 3 aromatic rings. The third-order valence-corrected chi connectivity index (χ3v) is 6.81. The van der Waals surface area contributed by atoms with E-state index in [9.17, 15) is 14.4 Å². The van der Waals surface area contributed by atoms with Crippen LogP contribution in [0.2, 0.25) is 0 Å². The second kappa shape index (κ2) is 8.37. The van der Waals surface area contributed by atoms with E-state index in [-0.39, 0.29) is 18.4 Å². The van der Waals surface area contributed by atoms with Crippen LogP contribution in [0.4, 0.5) is 0 Å². The minimum absolute atomic E-state index is 0.0125. The van der Waals surface area contributed by atoms with Crippen LogP contribution in [0.1, 0.15) is 40.0 Å². The molecule has 1 fully saturated rings. The molecule has 8 heteroatoms. The highest BCUT2D eigenvalue weighted by Crippen LogP contribution is 2.33. The Bertz CT molecular complexity index is 1250. The Hall–Kier alpha value is -3.65. The average Bonchev–Trinajstić information content (AvgIpc) is 3.09. The van der Waals surface area contributed by atoms with Gasteiger partial charge in [-0.2, -0.15) is 0 Å². The molecule has 2 aromatic carbocycles. The van der Waals surface area contributed by atoms with Crippen LogP contribution in [0.25, 0.3) is 10.9 Å². The quantitative estimate of drug-likeness (QED) is 0.477. The molecule has 1 aromatic heterocycles. The predicted octanol–water partition coefficient (Wildman–Crippen LogP) is 2.31. The molecule has 2 aliphatic heterocycles. The van der Waals surface area contributed by atoms with Gasteiger partial charge < -0.3 is 14.4 Å². The molecule has 2 N–H and O–H groups in total. The Kier molecular flexibility index (Phi) is 5.38. The number of hydrogen-bond acceptors (Lipinski definition) is 4. The standard InChI is InChI=1S/C25H26N4O4/c1-27-15-23(30)29-14-22-19(6-4-8-21(29)25(27)32)18-5-2-3-7-20(18)28(22)13-16-9-11-17(12-10-16)24(31)26-33/h2-3,5,7,9-12,21,33H,4,6,8,13-15H2,1H3,(H,26,31). The molecule has 2 aliphatic rings. The number of hydrogen-bond donors (Lipinski definition) is 2. The minimum Gasteiger partial charge on any atom is -0.338 e. The number of hydroxylamine groups is 1. The van der Waals surface area contributed by atoms with Crippen LogP contribution in [0.15, 0.2) is 48.5 Å². The van der Waals surface area contributed by atoms with Crippen LogP contribution >= 0.6 is 0 Å². The average molecular weight is 447 g/mol. The molecule has 1 unspecified atom stereocenters. The van der Waals surface area contributed by atoms with E-state index in [1.807, 2.05) is 24.3 Å². The van der Waals surface area contributed by atoms with Gasteiger partial charge >= 0.3 is 0 Å². The third-order valence-electron chi connectivity index (χ3n) is 6.81. The summed E-state index contributed by atoms with van der Waals surface area (Å²) >= 11 is 0. The summed E-state index contributed by atoms with van der Waals surface area (Å²) in [6.07, 6.45) is 2.36. The van der Waals surface area contributed by atoms with Crippen LogP contribution in [-0.2, 0) is 29.1 Å². The molecular weight excluding hydrogens is 420 g/mol. The van der Waals surface area contributed by atoms with Crippen LogP contribution < -0.4 is 5.48 Å². The van der Waals surface area contributed by atoms with Crippen LogP contribution in [0.3, 0.4) is 0 Å². The largest absolute Gasteiger partial charge is 0.338 e. The lowest BCUT2D eigenvalue weighted by atomic mass is 9.96. The molecule has 0 saturated carbocycles. The van der Waals surface area contributed by atoms with E-state index in [0.717, 1.165) is 29.6 Å². The van der Waals surface area contributed by atoms with Gasteiger partial charge in [0.05, 0.1) is 13.1 Å². The van der Waals surface area contributed by atoms with Crippen molar-refractivity contribution in [1.82, 2.24) is 19.8 Å². The van der Waals surface area contributed by atoms with E-state index < -0.39 is 11.9 Å². The maximum absolute atomic E-state index is 12.9. The van der Waals surface area contributed by atoms with E-state index in [1.54, 1.807) is 29.6 Å². The number of likely N-dealkylation sites (N-methyl/N-ethyl adjacent to an activating group) is 1. The van der Waals surface area contributed by atoms with Gasteiger partial charge in [-0.05, 0) is 48.6 Å². The number of aryl methyl sites for hydroxylation is 1. The molecular formula is C25H26N4O4. The monoisotopic (exact) mass is 446 g/mol. The predicted molar refractivity (Wildman–Crippen MR) is 122 cm³/mol. The highest BCUT2D eigenvalue weighted by molar-refractivity contribution is 5.95. The third kappa shape index (κ3) is 3.66. The van der Waals surface area contributed by atoms with Crippen molar-refractivity contribution < 1.29 is 19.6 Å². The molecule has 0 spiro atoms. The Balaban J connectivity index is 1.57. The zero-order valence-electron chi connectivity index (χ0n) is 18.5. The lowest BCUT2D eigenvalue weighted by Crippen LogP contribution is -2.58. The number of fused-ring (bicyclic) bond motifs is 4. The summed E-state index contributed by atoms with van der Waals surface area (Å²) in [4.78, 5) is 40.7. The lowest BCUT2D eigenvalue weighted by molar-refractivity contribution is -0.155. The number of benzene rings is 2. The Labute approximate surface area is 191 Å². The Morgan fingerprint density at radius 2 is 1.85 bits per heavy atom. The number of piperazine rings is 1. The SMILES string of the molecule is CN1CC(=O)N2Cc3c(c4ccccc4n3Cc3ccc(C(=O)NO)cc3)CCCC2C1=O. The summed E-state index contributed by atoms with van der Waals surface area (Å²) in [6.45, 7) is 1.08. The number of nitrogens with one attached hydrogen (secondary N) is 1. The van der Waals surface area contributed by atoms with Gasteiger partial charge in [-0.25, -0.2) is 5.48 Å². The highest BCUT2D eigenvalue weighted by atomic mass is 16.5. The first kappa shape index (κ1) is 21.2. The summed E-state index contributed by atoms with van der Waals surface area (Å²) in [6, 6.07) is 14.9. The van der Waals surface area contributed by atoms with Crippen molar-refractivity contribution in [3.05, 3.63) is 70.9 Å². The van der Waals surface area contributed by atoms with Crippen molar-refractivity contribution in [3.63, 3.8) is 0 Å². The zero-order valence-corrected chi connectivity index (χ0v) is 18.5. The number of amides is 3. The number of para-hydroxylation sites is 1. The first-order valence-corrected chi connectivity index (χ1v) is 11.1. The number of carbonyl (C=O) groups excluding carboxylic acids is 3. The number of aromatic nitrogens is 1. The van der Waals surface area contributed by atoms with Gasteiger partial charge in [0.25, 0.3) is 5.91 Å². The van der Waals surface area contributed by atoms with E-state index in [0.29, 0.717) is 25.1 Å². The summed E-state index contributed by atoms with van der Waals surface area (Å²) in [7, 11) is 1.69. The van der Waals surface area contributed by atoms with Crippen LogP contribution in [0, 0.1) is 0 Å². The number of rotatable bonds is 3. The van der Waals surface area contributed by atoms with Gasteiger partial charge in [0.1, 0.15) is 6.04 Å². The first-order valence-electron chi connectivity index (χ1n) is 11.1. The molecule has 3 heterocycles. The normalized spacial score (nSPS) is 18.5. The lowest BCUT2D eigenvalue weighted by Gasteiger charge is -2.40. The second-order valence-electron chi connectivity index (χ2n) is 8.79. The second-order valence-corrected chi connectivity index (χ2v) is 8.79. The molecule has 5 rings (SSSR count). The summed E-state index contributed by atoms with van der Waals surface area (Å²) in [5.74, 6) is -0.563. The van der Waals surface area contributed by atoms with Crippen molar-refractivity contribution in [3.8, 4) is 0 Å². The highest BCUT2D eigenvalue weighted by Gasteiger charge is 2.39. The smallest absolute Gasteiger partial charge is 0.274 e. The summed E-state index contributed by atoms with van der Waals surface area (Å²) in [5, 5.41) is 10.0. The fourth-order valence-electron chi connectivity index (χ4n) is 5.12. The van der Waals surface area contributed by atoms with Gasteiger partial charge in [-0.15, -0.1) is 0 Å². The number of nitrogens with zero attached hydrogens (tertiary/aromatic N) is 3. The van der Waals surface area contributed by atoms with Crippen molar-refractivity contribution in [2.24, 2.45) is 0 Å². The van der Waals surface area contributed by atoms with Crippen LogP contribution in [-0.4, -0.2) is 56.9 Å². The minimum atomic E-state index is -0.553. The van der Waals surface area contributed by atoms with E-state index in [2.05, 4.69) is 16.7 Å². The van der Waals surface area contributed by atoms with Gasteiger partial charge in [-0.1, -0.05) is 30.3 Å². The fraction of sp³-hybridized carbons (Fsp3) is 0.320. The topological polar surface area (TPSA) is 94.9 Å². The van der Waals surface area contributed by atoms with Gasteiger partial charge in [0.15, 0.2) is 0 Å². The van der Waals surface area contributed by atoms with Crippen LogP contribution in [0.5, 0.6) is 0 Å². The van der Waals surface area contributed by atoms with Gasteiger partial charge in [0.2, 0.25) is 11.8 Å². The van der Waals surface area contributed by atoms with Gasteiger partial charge in [0, 0.05) is 35.8 Å². The van der Waals surface area contributed by atoms with Gasteiger partial charge in [-0.3, -0.25) is 19.6 Å². The molecule has 1 atom stereocenters. The Morgan fingerprint density at radius 1 is 1.09 bits per heavy atom.